The molecule has 1 aromatic carbocycles. The molecule has 2 aliphatic heterocycles. The molecule has 0 bridgehead atoms. The maximum absolute atomic E-state index is 2.49. The van der Waals surface area contributed by atoms with E-state index in [1.54, 1.807) is 0 Å². The number of hydrogen-bond donors (Lipinski definition) is 0. The molecule has 2 heterocycles. The van der Waals surface area contributed by atoms with E-state index in [0.29, 0.717) is 6.04 Å². The van der Waals surface area contributed by atoms with Gasteiger partial charge in [0.05, 0.1) is 0 Å². The Morgan fingerprint density at radius 3 is 3.07 bits per heavy atom. The molecule has 0 radical (unpaired) electrons. The maximum Gasteiger partial charge on any atom is 0.0448 e. The Morgan fingerprint density at radius 1 is 1.27 bits per heavy atom. The lowest BCUT2D eigenvalue weighted by Gasteiger charge is -2.38. The summed E-state index contributed by atoms with van der Waals surface area (Å²) in [5, 5.41) is 0. The van der Waals surface area contributed by atoms with Crippen LogP contribution in [0, 0.1) is 0 Å². The minimum absolute atomic E-state index is 0.540. The second-order valence-electron chi connectivity index (χ2n) is 4.28. The quantitative estimate of drug-likeness (QED) is 0.618. The van der Waals surface area contributed by atoms with Crippen molar-refractivity contribution < 1.29 is 0 Å². The highest BCUT2D eigenvalue weighted by Gasteiger charge is 2.24. The molecule has 1 atom stereocenters. The molecule has 76 valence electrons. The van der Waals surface area contributed by atoms with Crippen LogP contribution in [0.1, 0.15) is 18.1 Å². The fourth-order valence-corrected chi connectivity index (χ4v) is 2.52. The summed E-state index contributed by atoms with van der Waals surface area (Å²) in [6.45, 7) is 3.41. The summed E-state index contributed by atoms with van der Waals surface area (Å²) < 4.78 is 0. The summed E-state index contributed by atoms with van der Waals surface area (Å²) >= 11 is 0. The van der Waals surface area contributed by atoms with Crippen molar-refractivity contribution in [2.75, 3.05) is 6.54 Å². The topological polar surface area (TPSA) is 3.24 Å². The first-order chi connectivity index (χ1) is 7.36. The average Bonchev–Trinajstić information content (AvgIpc) is 2.29. The Labute approximate surface area is 90.7 Å². The smallest absolute Gasteiger partial charge is 0.0448 e. The van der Waals surface area contributed by atoms with Crippen LogP contribution in [0.25, 0.3) is 5.70 Å². The molecule has 2 aliphatic rings. The van der Waals surface area contributed by atoms with Gasteiger partial charge in [-0.05, 0) is 25.0 Å². The van der Waals surface area contributed by atoms with Crippen molar-refractivity contribution in [2.24, 2.45) is 0 Å². The summed E-state index contributed by atoms with van der Waals surface area (Å²) in [5.74, 6) is 0. The number of hydrogen-bond acceptors (Lipinski definition) is 1. The van der Waals surface area contributed by atoms with Crippen LogP contribution in [0.15, 0.2) is 42.5 Å². The normalized spacial score (nSPS) is 23.1. The lowest BCUT2D eigenvalue weighted by molar-refractivity contribution is 0.347. The third-order valence-electron chi connectivity index (χ3n) is 3.36. The van der Waals surface area contributed by atoms with Gasteiger partial charge in [-0.15, -0.1) is 0 Å². The van der Waals surface area contributed by atoms with E-state index in [1.807, 2.05) is 0 Å². The van der Waals surface area contributed by atoms with Gasteiger partial charge in [0.15, 0.2) is 0 Å². The molecule has 3 rings (SSSR count). The fraction of sp³-hybridized carbons (Fsp3) is 0.286. The van der Waals surface area contributed by atoms with Gasteiger partial charge in [0.1, 0.15) is 0 Å². The zero-order chi connectivity index (χ0) is 10.3. The van der Waals surface area contributed by atoms with E-state index in [-0.39, 0.29) is 0 Å². The number of nitrogens with zero attached hydrogens (tertiary/aromatic N) is 1. The van der Waals surface area contributed by atoms with E-state index < -0.39 is 0 Å². The van der Waals surface area contributed by atoms with Crippen molar-refractivity contribution in [2.45, 2.75) is 19.4 Å². The maximum atomic E-state index is 2.49. The predicted molar refractivity (Wildman–Crippen MR) is 63.4 cm³/mol. The SMILES string of the molecule is CC1C=CC=C2c3ccccc3CCN21. The zero-order valence-electron chi connectivity index (χ0n) is 8.98. The highest BCUT2D eigenvalue weighted by atomic mass is 15.2. The van der Waals surface area contributed by atoms with Crippen LogP contribution >= 0.6 is 0 Å². The van der Waals surface area contributed by atoms with E-state index >= 15 is 0 Å². The number of rotatable bonds is 0. The molecule has 0 amide bonds. The lowest BCUT2D eigenvalue weighted by Crippen LogP contribution is -2.36. The molecule has 0 N–H and O–H groups in total. The van der Waals surface area contributed by atoms with E-state index in [2.05, 4.69) is 54.3 Å². The van der Waals surface area contributed by atoms with Crippen molar-refractivity contribution >= 4 is 5.70 Å². The Morgan fingerprint density at radius 2 is 2.13 bits per heavy atom. The largest absolute Gasteiger partial charge is 0.365 e. The fourth-order valence-electron chi connectivity index (χ4n) is 2.52. The van der Waals surface area contributed by atoms with Crippen LogP contribution in [0.4, 0.5) is 0 Å². The molecule has 0 saturated carbocycles. The molecule has 1 heteroatoms. The van der Waals surface area contributed by atoms with Crippen LogP contribution in [0.2, 0.25) is 0 Å². The molecular formula is C14H15N. The van der Waals surface area contributed by atoms with Crippen LogP contribution in [-0.4, -0.2) is 17.5 Å². The molecule has 15 heavy (non-hydrogen) atoms. The summed E-state index contributed by atoms with van der Waals surface area (Å²) in [6.07, 6.45) is 7.85. The number of fused-ring (bicyclic) bond motifs is 3. The van der Waals surface area contributed by atoms with Crippen LogP contribution < -0.4 is 0 Å². The summed E-state index contributed by atoms with van der Waals surface area (Å²) in [7, 11) is 0. The average molecular weight is 197 g/mol. The van der Waals surface area contributed by atoms with Crippen molar-refractivity contribution in [1.29, 1.82) is 0 Å². The van der Waals surface area contributed by atoms with Gasteiger partial charge in [-0.2, -0.15) is 0 Å². The van der Waals surface area contributed by atoms with Gasteiger partial charge in [0.2, 0.25) is 0 Å². The molecule has 0 saturated heterocycles. The molecule has 0 aromatic heterocycles. The number of benzene rings is 1. The monoisotopic (exact) mass is 197 g/mol. The van der Waals surface area contributed by atoms with Crippen molar-refractivity contribution in [3.63, 3.8) is 0 Å². The van der Waals surface area contributed by atoms with Crippen molar-refractivity contribution in [1.82, 2.24) is 4.90 Å². The minimum atomic E-state index is 0.540. The van der Waals surface area contributed by atoms with Gasteiger partial charge in [-0.3, -0.25) is 0 Å². The molecule has 1 nitrogen and oxygen atoms in total. The second kappa shape index (κ2) is 3.27. The molecule has 0 spiro atoms. The molecular weight excluding hydrogens is 182 g/mol. The molecule has 1 aromatic rings. The summed E-state index contributed by atoms with van der Waals surface area (Å²) in [6, 6.07) is 9.29. The van der Waals surface area contributed by atoms with Crippen LogP contribution in [0.5, 0.6) is 0 Å². The van der Waals surface area contributed by atoms with Gasteiger partial charge in [0, 0.05) is 23.8 Å². The van der Waals surface area contributed by atoms with Gasteiger partial charge in [0.25, 0.3) is 0 Å². The van der Waals surface area contributed by atoms with Crippen LogP contribution in [0.3, 0.4) is 0 Å². The van der Waals surface area contributed by atoms with Gasteiger partial charge in [-0.1, -0.05) is 36.4 Å². The third kappa shape index (κ3) is 1.30. The van der Waals surface area contributed by atoms with Crippen LogP contribution in [-0.2, 0) is 6.42 Å². The highest BCUT2D eigenvalue weighted by molar-refractivity contribution is 5.71. The Hall–Kier alpha value is -1.50. The Balaban J connectivity index is 2.13. The lowest BCUT2D eigenvalue weighted by atomic mass is 9.93. The number of allylic oxidation sites excluding steroid dienone is 2. The second-order valence-corrected chi connectivity index (χ2v) is 4.28. The first-order valence-corrected chi connectivity index (χ1v) is 5.59. The molecule has 0 fully saturated rings. The van der Waals surface area contributed by atoms with E-state index in [4.69, 9.17) is 0 Å². The first-order valence-electron chi connectivity index (χ1n) is 5.59. The zero-order valence-corrected chi connectivity index (χ0v) is 8.98. The van der Waals surface area contributed by atoms with E-state index in [9.17, 15) is 0 Å². The summed E-state index contributed by atoms with van der Waals surface area (Å²) in [5.41, 5.74) is 4.30. The van der Waals surface area contributed by atoms with Crippen molar-refractivity contribution in [3.8, 4) is 0 Å². The van der Waals surface area contributed by atoms with Gasteiger partial charge < -0.3 is 4.90 Å². The third-order valence-corrected chi connectivity index (χ3v) is 3.36. The molecule has 0 aliphatic carbocycles. The highest BCUT2D eigenvalue weighted by Crippen LogP contribution is 2.32. The summed E-state index contributed by atoms with van der Waals surface area (Å²) in [4.78, 5) is 2.49. The van der Waals surface area contributed by atoms with Gasteiger partial charge in [-0.25, -0.2) is 0 Å². The Bertz CT molecular complexity index is 442. The standard InChI is InChI=1S/C14H15N/c1-11-5-4-8-14-13-7-3-2-6-12(13)9-10-15(11)14/h2-8,11H,9-10H2,1H3. The Kier molecular flexibility index (Phi) is 1.91. The molecule has 1 unspecified atom stereocenters. The minimum Gasteiger partial charge on any atom is -0.365 e. The first kappa shape index (κ1) is 8.78. The van der Waals surface area contributed by atoms with E-state index in [0.717, 1.165) is 6.54 Å². The van der Waals surface area contributed by atoms with Gasteiger partial charge >= 0.3 is 0 Å². The predicted octanol–water partition coefficient (Wildman–Crippen LogP) is 2.84. The van der Waals surface area contributed by atoms with E-state index in [1.165, 1.54) is 23.2 Å². The van der Waals surface area contributed by atoms with Crippen molar-refractivity contribution in [3.05, 3.63) is 53.6 Å².